The number of methoxy groups -OCH3 is 1. The lowest BCUT2D eigenvalue weighted by Crippen LogP contribution is -2.34. The molecule has 1 N–H and O–H groups in total. The minimum atomic E-state index is 0.114. The number of pyridine rings is 2. The summed E-state index contributed by atoms with van der Waals surface area (Å²) in [5.74, 6) is 1.75. The predicted molar refractivity (Wildman–Crippen MR) is 137 cm³/mol. The zero-order valence-corrected chi connectivity index (χ0v) is 20.6. The van der Waals surface area contributed by atoms with Gasteiger partial charge in [-0.05, 0) is 61.7 Å². The van der Waals surface area contributed by atoms with E-state index >= 15 is 0 Å². The summed E-state index contributed by atoms with van der Waals surface area (Å²) in [6.45, 7) is 8.24. The van der Waals surface area contributed by atoms with E-state index in [1.54, 1.807) is 13.3 Å². The fourth-order valence-corrected chi connectivity index (χ4v) is 4.40. The third-order valence-corrected chi connectivity index (χ3v) is 6.49. The van der Waals surface area contributed by atoms with Gasteiger partial charge >= 0.3 is 0 Å². The van der Waals surface area contributed by atoms with Gasteiger partial charge in [-0.15, -0.1) is 5.10 Å². The Labute approximate surface area is 205 Å². The van der Waals surface area contributed by atoms with Crippen molar-refractivity contribution >= 4 is 22.7 Å². The molecule has 0 aliphatic carbocycles. The molecule has 4 aromatic heterocycles. The number of hydrogen-bond donors (Lipinski definition) is 1. The summed E-state index contributed by atoms with van der Waals surface area (Å²) in [4.78, 5) is 11.8. The quantitative estimate of drug-likeness (QED) is 0.386. The first-order valence-corrected chi connectivity index (χ1v) is 12.2. The van der Waals surface area contributed by atoms with Crippen molar-refractivity contribution in [2.75, 3.05) is 32.1 Å². The molecule has 1 aliphatic rings. The van der Waals surface area contributed by atoms with E-state index in [4.69, 9.17) is 9.72 Å². The highest BCUT2D eigenvalue weighted by molar-refractivity contribution is 5.81. The number of nitrogens with one attached hydrogen (secondary N) is 1. The molecule has 0 amide bonds. The molecule has 1 atom stereocenters. The van der Waals surface area contributed by atoms with Crippen LogP contribution in [0, 0.1) is 0 Å². The van der Waals surface area contributed by atoms with Gasteiger partial charge in [0, 0.05) is 37.2 Å². The van der Waals surface area contributed by atoms with Gasteiger partial charge < -0.3 is 15.0 Å². The Morgan fingerprint density at radius 1 is 0.971 bits per heavy atom. The average molecular weight is 473 g/mol. The van der Waals surface area contributed by atoms with Crippen molar-refractivity contribution in [1.82, 2.24) is 34.8 Å². The Kier molecular flexibility index (Phi) is 6.96. The van der Waals surface area contributed by atoms with Crippen LogP contribution in [0.25, 0.3) is 22.2 Å². The Balaban J connectivity index is 1.32. The minimum absolute atomic E-state index is 0.114. The summed E-state index contributed by atoms with van der Waals surface area (Å²) < 4.78 is 7.68. The molecule has 1 fully saturated rings. The van der Waals surface area contributed by atoms with Crippen LogP contribution >= 0.6 is 0 Å². The van der Waals surface area contributed by atoms with Gasteiger partial charge in [0.25, 0.3) is 0 Å². The van der Waals surface area contributed by atoms with Gasteiger partial charge in [0.2, 0.25) is 0 Å². The third-order valence-electron chi connectivity index (χ3n) is 6.49. The highest BCUT2D eigenvalue weighted by Crippen LogP contribution is 2.24. The summed E-state index contributed by atoms with van der Waals surface area (Å²) in [6, 6.07) is 7.91. The van der Waals surface area contributed by atoms with Gasteiger partial charge in [0.1, 0.15) is 5.82 Å². The Hall–Kier alpha value is -3.43. The molecule has 1 saturated heterocycles. The van der Waals surface area contributed by atoms with Gasteiger partial charge in [0.15, 0.2) is 5.82 Å². The molecule has 9 heteroatoms. The van der Waals surface area contributed by atoms with Crippen molar-refractivity contribution in [3.05, 3.63) is 54.6 Å². The lowest BCUT2D eigenvalue weighted by molar-refractivity contribution is 0.0558. The maximum atomic E-state index is 5.73. The predicted octanol–water partition coefficient (Wildman–Crippen LogP) is 4.26. The van der Waals surface area contributed by atoms with Gasteiger partial charge in [0.05, 0.1) is 36.1 Å². The largest absolute Gasteiger partial charge is 0.378 e. The van der Waals surface area contributed by atoms with E-state index in [-0.39, 0.29) is 6.10 Å². The molecule has 182 valence electrons. The number of rotatable bonds is 9. The summed E-state index contributed by atoms with van der Waals surface area (Å²) in [5.41, 5.74) is 4.74. The first-order chi connectivity index (χ1) is 17.1. The molecule has 0 radical (unpaired) electrons. The van der Waals surface area contributed by atoms with Crippen LogP contribution in [0.2, 0.25) is 0 Å². The second kappa shape index (κ2) is 10.5. The van der Waals surface area contributed by atoms with E-state index < -0.39 is 0 Å². The number of nitrogens with zero attached hydrogens (tertiary/aromatic N) is 7. The lowest BCUT2D eigenvalue weighted by atomic mass is 10.1. The highest BCUT2D eigenvalue weighted by Gasteiger charge is 2.18. The van der Waals surface area contributed by atoms with Crippen LogP contribution in [0.3, 0.4) is 0 Å². The molecule has 0 bridgehead atoms. The van der Waals surface area contributed by atoms with Crippen molar-refractivity contribution in [3.63, 3.8) is 0 Å². The number of aromatic nitrogens is 6. The van der Waals surface area contributed by atoms with E-state index in [9.17, 15) is 0 Å². The van der Waals surface area contributed by atoms with Crippen molar-refractivity contribution in [1.29, 1.82) is 0 Å². The molecule has 5 rings (SSSR count). The first-order valence-electron chi connectivity index (χ1n) is 12.2. The monoisotopic (exact) mass is 472 g/mol. The molecule has 5 heterocycles. The fourth-order valence-electron chi connectivity index (χ4n) is 4.40. The number of likely N-dealkylation sites (tertiary alicyclic amines) is 1. The lowest BCUT2D eigenvalue weighted by Gasteiger charge is -2.22. The molecule has 0 saturated carbocycles. The molecule has 35 heavy (non-hydrogen) atoms. The van der Waals surface area contributed by atoms with Crippen molar-refractivity contribution in [3.8, 4) is 11.1 Å². The molecule has 4 aromatic rings. The second-order valence-electron chi connectivity index (χ2n) is 9.43. The van der Waals surface area contributed by atoms with Gasteiger partial charge in [-0.25, -0.2) is 4.98 Å². The molecular weight excluding hydrogens is 440 g/mol. The van der Waals surface area contributed by atoms with Crippen LogP contribution in [0.4, 0.5) is 11.6 Å². The van der Waals surface area contributed by atoms with Crippen LogP contribution in [-0.4, -0.2) is 67.7 Å². The fraction of sp³-hybridized carbons (Fsp3) is 0.423. The third kappa shape index (κ3) is 5.63. The summed E-state index contributed by atoms with van der Waals surface area (Å²) in [5, 5.41) is 16.1. The van der Waals surface area contributed by atoms with E-state index in [0.717, 1.165) is 53.9 Å². The SMILES string of the molecule is COC(CN1CCCC1)Cn1cc(-c2cnc3ccc(Nc4cc(C(C)C)cnn4)nc3c2)cn1. The van der Waals surface area contributed by atoms with Crippen LogP contribution in [0.1, 0.15) is 38.2 Å². The number of hydrogen-bond acceptors (Lipinski definition) is 8. The van der Waals surface area contributed by atoms with Gasteiger partial charge in [-0.3, -0.25) is 9.67 Å². The van der Waals surface area contributed by atoms with Crippen molar-refractivity contribution < 1.29 is 4.74 Å². The standard InChI is InChI=1S/C26H32N8O/c1-18(2)19-11-26(32-28-13-19)31-25-7-6-23-24(30-25)10-20(12-27-23)21-14-29-34(15-21)17-22(35-3)16-33-8-4-5-9-33/h6-7,10-15,18,22H,4-5,8-9,16-17H2,1-3H3,(H,30,31,32). The average Bonchev–Trinajstić information content (AvgIpc) is 3.56. The van der Waals surface area contributed by atoms with Crippen LogP contribution in [0.15, 0.2) is 49.1 Å². The number of anilines is 2. The summed E-state index contributed by atoms with van der Waals surface area (Å²) >= 11 is 0. The van der Waals surface area contributed by atoms with Gasteiger partial charge in [-0.2, -0.15) is 10.2 Å². The molecule has 0 aromatic carbocycles. The molecule has 9 nitrogen and oxygen atoms in total. The smallest absolute Gasteiger partial charge is 0.154 e. The zero-order chi connectivity index (χ0) is 24.2. The Bertz CT molecular complexity index is 1280. The maximum Gasteiger partial charge on any atom is 0.154 e. The summed E-state index contributed by atoms with van der Waals surface area (Å²) in [6.07, 6.45) is 10.3. The van der Waals surface area contributed by atoms with E-state index in [1.807, 2.05) is 47.5 Å². The van der Waals surface area contributed by atoms with Crippen LogP contribution in [-0.2, 0) is 11.3 Å². The molecule has 1 aliphatic heterocycles. The van der Waals surface area contributed by atoms with Crippen molar-refractivity contribution in [2.45, 2.75) is 45.3 Å². The normalized spacial score (nSPS) is 15.2. The summed E-state index contributed by atoms with van der Waals surface area (Å²) in [7, 11) is 1.78. The molecule has 1 unspecified atom stereocenters. The Morgan fingerprint density at radius 2 is 1.83 bits per heavy atom. The highest BCUT2D eigenvalue weighted by atomic mass is 16.5. The van der Waals surface area contributed by atoms with E-state index in [1.165, 1.54) is 12.8 Å². The number of ether oxygens (including phenoxy) is 1. The second-order valence-corrected chi connectivity index (χ2v) is 9.43. The Morgan fingerprint density at radius 3 is 2.63 bits per heavy atom. The number of fused-ring (bicyclic) bond motifs is 1. The van der Waals surface area contributed by atoms with E-state index in [2.05, 4.69) is 44.3 Å². The van der Waals surface area contributed by atoms with E-state index in [0.29, 0.717) is 17.6 Å². The van der Waals surface area contributed by atoms with Crippen LogP contribution in [0.5, 0.6) is 0 Å². The maximum absolute atomic E-state index is 5.73. The minimum Gasteiger partial charge on any atom is -0.378 e. The van der Waals surface area contributed by atoms with Gasteiger partial charge in [-0.1, -0.05) is 13.8 Å². The molecular formula is C26H32N8O. The van der Waals surface area contributed by atoms with Crippen molar-refractivity contribution in [2.24, 2.45) is 0 Å². The zero-order valence-electron chi connectivity index (χ0n) is 20.6. The first kappa shape index (κ1) is 23.3. The molecule has 0 spiro atoms. The van der Waals surface area contributed by atoms with Crippen LogP contribution < -0.4 is 5.32 Å². The topological polar surface area (TPSA) is 93.9 Å².